The summed E-state index contributed by atoms with van der Waals surface area (Å²) in [6, 6.07) is 5.80. The molecule has 0 aliphatic carbocycles. The summed E-state index contributed by atoms with van der Waals surface area (Å²) in [5, 5.41) is 0. The number of halogens is 1. The van der Waals surface area contributed by atoms with Crippen LogP contribution in [0.4, 0.5) is 4.39 Å². The molecule has 0 unspecified atom stereocenters. The number of aryl methyl sites for hydroxylation is 2. The number of hydrogen-bond donors (Lipinski definition) is 0. The number of carbonyl (C=O) groups is 2. The Hall–Kier alpha value is -2.87. The second kappa shape index (κ2) is 9.73. The summed E-state index contributed by atoms with van der Waals surface area (Å²) in [4.78, 5) is 38.6. The molecule has 2 aromatic rings. The first-order valence-corrected chi connectivity index (χ1v) is 11.2. The summed E-state index contributed by atoms with van der Waals surface area (Å²) in [6.45, 7) is 7.35. The lowest BCUT2D eigenvalue weighted by molar-refractivity contribution is -0.134. The fourth-order valence-electron chi connectivity index (χ4n) is 4.46. The van der Waals surface area contributed by atoms with Crippen molar-refractivity contribution in [1.29, 1.82) is 0 Å². The number of morpholine rings is 1. The highest BCUT2D eigenvalue weighted by molar-refractivity contribution is 5.94. The van der Waals surface area contributed by atoms with Gasteiger partial charge in [-0.05, 0) is 44.9 Å². The molecule has 1 aromatic carbocycles. The van der Waals surface area contributed by atoms with Crippen LogP contribution in [0, 0.1) is 19.7 Å². The highest BCUT2D eigenvalue weighted by Crippen LogP contribution is 2.27. The fourth-order valence-corrected chi connectivity index (χ4v) is 4.46. The number of piperidine rings is 1. The van der Waals surface area contributed by atoms with Crippen molar-refractivity contribution in [2.45, 2.75) is 39.0 Å². The summed E-state index contributed by atoms with van der Waals surface area (Å²) in [6.07, 6.45) is 2.01. The third-order valence-corrected chi connectivity index (χ3v) is 6.28. The van der Waals surface area contributed by atoms with Crippen LogP contribution in [0.3, 0.4) is 0 Å². The number of amides is 2. The maximum absolute atomic E-state index is 13.5. The number of hydrogen-bond acceptors (Lipinski definition) is 5. The largest absolute Gasteiger partial charge is 0.378 e. The van der Waals surface area contributed by atoms with E-state index in [9.17, 15) is 14.0 Å². The van der Waals surface area contributed by atoms with Gasteiger partial charge in [-0.2, -0.15) is 0 Å². The molecule has 1 atom stereocenters. The molecule has 1 aromatic heterocycles. The number of rotatable bonds is 4. The van der Waals surface area contributed by atoms with Gasteiger partial charge in [0.05, 0.1) is 19.6 Å². The normalized spacial score (nSPS) is 19.2. The predicted molar refractivity (Wildman–Crippen MR) is 117 cm³/mol. The molecule has 170 valence electrons. The molecule has 2 aliphatic heterocycles. The van der Waals surface area contributed by atoms with E-state index in [-0.39, 0.29) is 24.2 Å². The summed E-state index contributed by atoms with van der Waals surface area (Å²) < 4.78 is 18.9. The van der Waals surface area contributed by atoms with Crippen LogP contribution in [0.15, 0.2) is 24.3 Å². The van der Waals surface area contributed by atoms with E-state index in [1.807, 2.05) is 18.7 Å². The standard InChI is InChI=1S/C24H29FN4O3/c1-16-21(14-22(30)28-9-11-32-12-10-28)17(2)27-23(26-16)19-6-4-8-29(15-19)24(31)18-5-3-7-20(25)13-18/h3,5,7,13,19H,4,6,8-12,14-15H2,1-2H3/t19-/m1/s1. The van der Waals surface area contributed by atoms with Crippen LogP contribution in [0.25, 0.3) is 0 Å². The van der Waals surface area contributed by atoms with Crippen molar-refractivity contribution in [3.63, 3.8) is 0 Å². The van der Waals surface area contributed by atoms with Gasteiger partial charge < -0.3 is 14.5 Å². The van der Waals surface area contributed by atoms with Gasteiger partial charge in [-0.15, -0.1) is 0 Å². The Kier molecular flexibility index (Phi) is 6.79. The molecule has 7 nitrogen and oxygen atoms in total. The Balaban J connectivity index is 1.47. The van der Waals surface area contributed by atoms with Gasteiger partial charge in [0.2, 0.25) is 5.91 Å². The van der Waals surface area contributed by atoms with Crippen molar-refractivity contribution in [2.24, 2.45) is 0 Å². The Bertz CT molecular complexity index is 983. The molecule has 2 aliphatic rings. The monoisotopic (exact) mass is 440 g/mol. The second-order valence-electron chi connectivity index (χ2n) is 8.50. The number of likely N-dealkylation sites (tertiary alicyclic amines) is 1. The van der Waals surface area contributed by atoms with E-state index >= 15 is 0 Å². The molecule has 2 saturated heterocycles. The molecule has 4 rings (SSSR count). The van der Waals surface area contributed by atoms with E-state index < -0.39 is 5.82 Å². The zero-order valence-electron chi connectivity index (χ0n) is 18.6. The third-order valence-electron chi connectivity index (χ3n) is 6.28. The zero-order valence-corrected chi connectivity index (χ0v) is 18.6. The predicted octanol–water partition coefficient (Wildman–Crippen LogP) is 2.65. The minimum absolute atomic E-state index is 0.0163. The maximum atomic E-state index is 13.5. The molecule has 2 fully saturated rings. The molecule has 3 heterocycles. The number of nitrogens with zero attached hydrogens (tertiary/aromatic N) is 4. The molecule has 0 saturated carbocycles. The zero-order chi connectivity index (χ0) is 22.7. The number of carbonyl (C=O) groups excluding carboxylic acids is 2. The fraction of sp³-hybridized carbons (Fsp3) is 0.500. The molecular formula is C24H29FN4O3. The molecule has 0 radical (unpaired) electrons. The maximum Gasteiger partial charge on any atom is 0.253 e. The van der Waals surface area contributed by atoms with Crippen LogP contribution in [-0.4, -0.2) is 71.0 Å². The summed E-state index contributed by atoms with van der Waals surface area (Å²) in [7, 11) is 0. The van der Waals surface area contributed by atoms with Gasteiger partial charge in [0.15, 0.2) is 0 Å². The minimum atomic E-state index is -0.416. The van der Waals surface area contributed by atoms with E-state index in [4.69, 9.17) is 14.7 Å². The van der Waals surface area contributed by atoms with Gasteiger partial charge in [-0.25, -0.2) is 14.4 Å². The van der Waals surface area contributed by atoms with E-state index in [1.54, 1.807) is 17.0 Å². The van der Waals surface area contributed by atoms with Crippen LogP contribution in [0.1, 0.15) is 51.9 Å². The third kappa shape index (κ3) is 4.96. The van der Waals surface area contributed by atoms with Crippen molar-refractivity contribution in [3.8, 4) is 0 Å². The van der Waals surface area contributed by atoms with E-state index in [0.29, 0.717) is 50.8 Å². The number of ether oxygens (including phenoxy) is 1. The molecular weight excluding hydrogens is 411 g/mol. The highest BCUT2D eigenvalue weighted by atomic mass is 19.1. The average molecular weight is 441 g/mol. The van der Waals surface area contributed by atoms with E-state index in [0.717, 1.165) is 29.8 Å². The quantitative estimate of drug-likeness (QED) is 0.731. The average Bonchev–Trinajstić information content (AvgIpc) is 2.81. The highest BCUT2D eigenvalue weighted by Gasteiger charge is 2.28. The van der Waals surface area contributed by atoms with Crippen LogP contribution in [0.2, 0.25) is 0 Å². The summed E-state index contributed by atoms with van der Waals surface area (Å²) in [5.74, 6) is 0.207. The van der Waals surface area contributed by atoms with Gasteiger partial charge >= 0.3 is 0 Å². The molecule has 0 bridgehead atoms. The molecule has 8 heteroatoms. The summed E-state index contributed by atoms with van der Waals surface area (Å²) >= 11 is 0. The molecule has 0 N–H and O–H groups in total. The lowest BCUT2D eigenvalue weighted by atomic mass is 9.95. The van der Waals surface area contributed by atoms with Crippen molar-refractivity contribution < 1.29 is 18.7 Å². The molecule has 32 heavy (non-hydrogen) atoms. The Morgan fingerprint density at radius 2 is 1.81 bits per heavy atom. The first kappa shape index (κ1) is 22.3. The lowest BCUT2D eigenvalue weighted by Crippen LogP contribution is -2.41. The van der Waals surface area contributed by atoms with Crippen molar-refractivity contribution in [1.82, 2.24) is 19.8 Å². The Morgan fingerprint density at radius 3 is 2.50 bits per heavy atom. The second-order valence-corrected chi connectivity index (χ2v) is 8.50. The van der Waals surface area contributed by atoms with Crippen LogP contribution in [-0.2, 0) is 16.0 Å². The topological polar surface area (TPSA) is 75.6 Å². The lowest BCUT2D eigenvalue weighted by Gasteiger charge is -2.32. The Labute approximate surface area is 187 Å². The van der Waals surface area contributed by atoms with Crippen molar-refractivity contribution in [2.75, 3.05) is 39.4 Å². The first-order valence-electron chi connectivity index (χ1n) is 11.2. The summed E-state index contributed by atoms with van der Waals surface area (Å²) in [5.41, 5.74) is 2.84. The number of aromatic nitrogens is 2. The SMILES string of the molecule is Cc1nc([C@@H]2CCCN(C(=O)c3cccc(F)c3)C2)nc(C)c1CC(=O)N1CCOCC1. The number of benzene rings is 1. The van der Waals surface area contributed by atoms with Gasteiger partial charge in [0.25, 0.3) is 5.91 Å². The van der Waals surface area contributed by atoms with Crippen LogP contribution >= 0.6 is 0 Å². The minimum Gasteiger partial charge on any atom is -0.378 e. The van der Waals surface area contributed by atoms with E-state index in [1.165, 1.54) is 12.1 Å². The van der Waals surface area contributed by atoms with Gasteiger partial charge in [-0.3, -0.25) is 9.59 Å². The van der Waals surface area contributed by atoms with Crippen LogP contribution < -0.4 is 0 Å². The van der Waals surface area contributed by atoms with Gasteiger partial charge in [0, 0.05) is 54.6 Å². The van der Waals surface area contributed by atoms with Gasteiger partial charge in [-0.1, -0.05) is 6.07 Å². The van der Waals surface area contributed by atoms with E-state index in [2.05, 4.69) is 0 Å². The Morgan fingerprint density at radius 1 is 1.09 bits per heavy atom. The van der Waals surface area contributed by atoms with Gasteiger partial charge in [0.1, 0.15) is 11.6 Å². The van der Waals surface area contributed by atoms with Crippen molar-refractivity contribution in [3.05, 3.63) is 58.4 Å². The van der Waals surface area contributed by atoms with Crippen molar-refractivity contribution >= 4 is 11.8 Å². The smallest absolute Gasteiger partial charge is 0.253 e. The first-order chi connectivity index (χ1) is 15.4. The molecule has 2 amide bonds. The van der Waals surface area contributed by atoms with Crippen LogP contribution in [0.5, 0.6) is 0 Å². The molecule has 0 spiro atoms.